The summed E-state index contributed by atoms with van der Waals surface area (Å²) in [6.45, 7) is 4.45. The van der Waals surface area contributed by atoms with Gasteiger partial charge in [0.2, 0.25) is 0 Å². The van der Waals surface area contributed by atoms with Gasteiger partial charge < -0.3 is 10.2 Å². The molecular formula is C16H23N5OS. The van der Waals surface area contributed by atoms with E-state index in [1.54, 1.807) is 24.0 Å². The van der Waals surface area contributed by atoms with Crippen LogP contribution in [0.5, 0.6) is 0 Å². The first kappa shape index (κ1) is 16.0. The van der Waals surface area contributed by atoms with Crippen molar-refractivity contribution in [1.29, 1.82) is 0 Å². The number of carbonyl (C=O) groups excluding carboxylic acids is 1. The van der Waals surface area contributed by atoms with E-state index in [2.05, 4.69) is 39.8 Å². The van der Waals surface area contributed by atoms with E-state index in [1.165, 1.54) is 4.88 Å². The van der Waals surface area contributed by atoms with Gasteiger partial charge in [0.05, 0.1) is 6.04 Å². The molecule has 3 heterocycles. The largest absolute Gasteiger partial charge is 0.338 e. The molecule has 3 rings (SSSR count). The third kappa shape index (κ3) is 4.31. The molecular weight excluding hydrogens is 310 g/mol. The van der Waals surface area contributed by atoms with E-state index in [4.69, 9.17) is 0 Å². The maximum Gasteiger partial charge on any atom is 0.317 e. The highest BCUT2D eigenvalue weighted by molar-refractivity contribution is 7.09. The van der Waals surface area contributed by atoms with Crippen molar-refractivity contribution < 1.29 is 4.79 Å². The van der Waals surface area contributed by atoms with Gasteiger partial charge in [0.15, 0.2) is 0 Å². The normalized spacial score (nSPS) is 17.2. The molecule has 23 heavy (non-hydrogen) atoms. The number of nitrogens with one attached hydrogen (secondary N) is 1. The van der Waals surface area contributed by atoms with Crippen molar-refractivity contribution in [3.05, 3.63) is 35.0 Å². The lowest BCUT2D eigenvalue weighted by Gasteiger charge is -2.32. The minimum Gasteiger partial charge on any atom is -0.338 e. The Morgan fingerprint density at radius 3 is 2.96 bits per heavy atom. The third-order valence-electron chi connectivity index (χ3n) is 4.29. The van der Waals surface area contributed by atoms with Crippen molar-refractivity contribution >= 4 is 17.4 Å². The molecule has 0 aliphatic carbocycles. The summed E-state index contributed by atoms with van der Waals surface area (Å²) >= 11 is 1.78. The Morgan fingerprint density at radius 1 is 1.48 bits per heavy atom. The molecule has 0 aromatic carbocycles. The Kier molecular flexibility index (Phi) is 5.27. The highest BCUT2D eigenvalue weighted by Crippen LogP contribution is 2.21. The zero-order chi connectivity index (χ0) is 16.1. The summed E-state index contributed by atoms with van der Waals surface area (Å²) in [6, 6.07) is 4.64. The molecule has 1 N–H and O–H groups in total. The number of hydrogen-bond donors (Lipinski definition) is 1. The standard InChI is InChI=1S/C16H23N5OS/c1-13(9-15-3-2-8-23-15)10-18-16(22)20-6-4-14(5-7-20)21-12-17-11-19-21/h2-3,8,11-14H,4-7,9-10H2,1H3,(H,18,22). The van der Waals surface area contributed by atoms with Gasteiger partial charge in [-0.25, -0.2) is 14.5 Å². The van der Waals surface area contributed by atoms with Crippen molar-refractivity contribution in [1.82, 2.24) is 25.0 Å². The van der Waals surface area contributed by atoms with E-state index < -0.39 is 0 Å². The van der Waals surface area contributed by atoms with Gasteiger partial charge in [-0.05, 0) is 36.6 Å². The van der Waals surface area contributed by atoms with Crippen LogP contribution in [0.3, 0.4) is 0 Å². The molecule has 0 radical (unpaired) electrons. The van der Waals surface area contributed by atoms with Gasteiger partial charge in [-0.15, -0.1) is 11.3 Å². The number of likely N-dealkylation sites (tertiary alicyclic amines) is 1. The second-order valence-electron chi connectivity index (χ2n) is 6.17. The average Bonchev–Trinajstić information content (AvgIpc) is 3.26. The maximum absolute atomic E-state index is 12.3. The number of nitrogens with zero attached hydrogens (tertiary/aromatic N) is 4. The first-order valence-corrected chi connectivity index (χ1v) is 8.99. The Labute approximate surface area is 140 Å². The number of thiophene rings is 1. The molecule has 1 aliphatic heterocycles. The Morgan fingerprint density at radius 2 is 2.30 bits per heavy atom. The highest BCUT2D eigenvalue weighted by atomic mass is 32.1. The van der Waals surface area contributed by atoms with Crippen molar-refractivity contribution in [3.63, 3.8) is 0 Å². The van der Waals surface area contributed by atoms with E-state index in [9.17, 15) is 4.79 Å². The van der Waals surface area contributed by atoms with E-state index in [1.807, 2.05) is 9.58 Å². The zero-order valence-electron chi connectivity index (χ0n) is 13.4. The topological polar surface area (TPSA) is 63.1 Å². The molecule has 1 unspecified atom stereocenters. The molecule has 124 valence electrons. The van der Waals surface area contributed by atoms with Gasteiger partial charge in [-0.2, -0.15) is 5.10 Å². The van der Waals surface area contributed by atoms with Crippen molar-refractivity contribution in [2.24, 2.45) is 5.92 Å². The first-order chi connectivity index (χ1) is 11.2. The Bertz CT molecular complexity index is 590. The van der Waals surface area contributed by atoms with Crippen molar-refractivity contribution in [2.45, 2.75) is 32.2 Å². The summed E-state index contributed by atoms with van der Waals surface area (Å²) < 4.78 is 1.90. The van der Waals surface area contributed by atoms with Crippen LogP contribution in [0, 0.1) is 5.92 Å². The third-order valence-corrected chi connectivity index (χ3v) is 5.19. The SMILES string of the molecule is CC(CNC(=O)N1CCC(n2cncn2)CC1)Cc1cccs1. The number of amides is 2. The molecule has 1 aliphatic rings. The minimum absolute atomic E-state index is 0.0556. The van der Waals surface area contributed by atoms with E-state index in [0.717, 1.165) is 38.9 Å². The smallest absolute Gasteiger partial charge is 0.317 e. The van der Waals surface area contributed by atoms with Gasteiger partial charge in [-0.3, -0.25) is 0 Å². The summed E-state index contributed by atoms with van der Waals surface area (Å²) in [6.07, 6.45) is 6.20. The summed E-state index contributed by atoms with van der Waals surface area (Å²) in [5.74, 6) is 0.449. The lowest BCUT2D eigenvalue weighted by molar-refractivity contribution is 0.167. The number of piperidine rings is 1. The first-order valence-electron chi connectivity index (χ1n) is 8.11. The van der Waals surface area contributed by atoms with Gasteiger partial charge in [-0.1, -0.05) is 13.0 Å². The van der Waals surface area contributed by atoms with E-state index in [0.29, 0.717) is 12.0 Å². The van der Waals surface area contributed by atoms with Gasteiger partial charge >= 0.3 is 6.03 Å². The van der Waals surface area contributed by atoms with Crippen LogP contribution in [0.2, 0.25) is 0 Å². The zero-order valence-corrected chi connectivity index (χ0v) is 14.2. The fraction of sp³-hybridized carbons (Fsp3) is 0.562. The molecule has 2 aromatic heterocycles. The average molecular weight is 333 g/mol. The van der Waals surface area contributed by atoms with Crippen LogP contribution in [0.25, 0.3) is 0 Å². The van der Waals surface area contributed by atoms with Gasteiger partial charge in [0.25, 0.3) is 0 Å². The number of rotatable bonds is 5. The molecule has 1 fully saturated rings. The molecule has 0 spiro atoms. The van der Waals surface area contributed by atoms with Gasteiger partial charge in [0, 0.05) is 24.5 Å². The van der Waals surface area contributed by atoms with Crippen LogP contribution in [0.1, 0.15) is 30.7 Å². The van der Waals surface area contributed by atoms with Crippen LogP contribution in [-0.4, -0.2) is 45.3 Å². The number of aromatic nitrogens is 3. The highest BCUT2D eigenvalue weighted by Gasteiger charge is 2.24. The monoisotopic (exact) mass is 333 g/mol. The second kappa shape index (κ2) is 7.59. The van der Waals surface area contributed by atoms with E-state index in [-0.39, 0.29) is 6.03 Å². The Hall–Kier alpha value is -1.89. The molecule has 2 aromatic rings. The minimum atomic E-state index is 0.0556. The second-order valence-corrected chi connectivity index (χ2v) is 7.20. The molecule has 6 nitrogen and oxygen atoms in total. The summed E-state index contributed by atoms with van der Waals surface area (Å²) in [5, 5.41) is 9.36. The lowest BCUT2D eigenvalue weighted by Crippen LogP contribution is -2.45. The van der Waals surface area contributed by atoms with Crippen molar-refractivity contribution in [2.75, 3.05) is 19.6 Å². The maximum atomic E-state index is 12.3. The number of carbonyl (C=O) groups is 1. The summed E-state index contributed by atoms with van der Waals surface area (Å²) in [4.78, 5) is 19.6. The molecule has 0 bridgehead atoms. The quantitative estimate of drug-likeness (QED) is 0.915. The van der Waals surface area contributed by atoms with Crippen LogP contribution in [0.4, 0.5) is 4.79 Å². The summed E-state index contributed by atoms with van der Waals surface area (Å²) in [5.41, 5.74) is 0. The number of hydrogen-bond acceptors (Lipinski definition) is 4. The molecule has 7 heteroatoms. The fourth-order valence-corrected chi connectivity index (χ4v) is 3.83. The molecule has 1 saturated heterocycles. The fourth-order valence-electron chi connectivity index (χ4n) is 2.96. The number of urea groups is 1. The van der Waals surface area contributed by atoms with Crippen molar-refractivity contribution in [3.8, 4) is 0 Å². The van der Waals surface area contributed by atoms with E-state index >= 15 is 0 Å². The Balaban J connectivity index is 1.39. The molecule has 0 saturated carbocycles. The van der Waals surface area contributed by atoms with Gasteiger partial charge in [0.1, 0.15) is 12.7 Å². The van der Waals surface area contributed by atoms with Crippen LogP contribution in [-0.2, 0) is 6.42 Å². The molecule has 1 atom stereocenters. The predicted octanol–water partition coefficient (Wildman–Crippen LogP) is 2.56. The van der Waals surface area contributed by atoms with Crippen LogP contribution in [0.15, 0.2) is 30.2 Å². The van der Waals surface area contributed by atoms with Crippen LogP contribution < -0.4 is 5.32 Å². The van der Waals surface area contributed by atoms with Crippen LogP contribution >= 0.6 is 11.3 Å². The summed E-state index contributed by atoms with van der Waals surface area (Å²) in [7, 11) is 0. The predicted molar refractivity (Wildman–Crippen MR) is 90.5 cm³/mol. The lowest BCUT2D eigenvalue weighted by atomic mass is 10.1. The molecule has 2 amide bonds.